The number of nitrogens with zero attached hydrogens (tertiary/aromatic N) is 1. The van der Waals surface area contributed by atoms with Crippen LogP contribution in [0.3, 0.4) is 0 Å². The van der Waals surface area contributed by atoms with Crippen LogP contribution in [0.1, 0.15) is 41.0 Å². The normalized spacial score (nSPS) is 15.7. The Hall–Kier alpha value is -4.95. The number of carbonyl (C=O) groups is 3. The number of likely N-dealkylation sites (tertiary alicyclic amines) is 1. The molecule has 1 aliphatic heterocycles. The van der Waals surface area contributed by atoms with Crippen LogP contribution >= 0.6 is 0 Å². The molecule has 1 saturated heterocycles. The Morgan fingerprint density at radius 1 is 0.756 bits per heavy atom. The van der Waals surface area contributed by atoms with Crippen LogP contribution < -0.4 is 10.6 Å². The number of aliphatic hydroxyl groups is 1. The van der Waals surface area contributed by atoms with Crippen LogP contribution in [0, 0.1) is 0 Å². The van der Waals surface area contributed by atoms with E-state index in [0.717, 1.165) is 22.3 Å². The van der Waals surface area contributed by atoms with Crippen molar-refractivity contribution < 1.29 is 24.2 Å². The molecule has 0 radical (unpaired) electrons. The van der Waals surface area contributed by atoms with E-state index in [1.165, 1.54) is 0 Å². The van der Waals surface area contributed by atoms with Gasteiger partial charge in [0.25, 0.3) is 0 Å². The molecule has 232 valence electrons. The molecule has 1 fully saturated rings. The van der Waals surface area contributed by atoms with Gasteiger partial charge in [0.2, 0.25) is 11.8 Å². The highest BCUT2D eigenvalue weighted by Gasteiger charge is 2.42. The number of alkyl carbamates (subject to hydrolysis) is 1. The molecule has 1 aliphatic rings. The van der Waals surface area contributed by atoms with E-state index in [9.17, 15) is 19.5 Å². The van der Waals surface area contributed by atoms with E-state index >= 15 is 0 Å². The van der Waals surface area contributed by atoms with Gasteiger partial charge in [-0.2, -0.15) is 0 Å². The predicted octanol–water partition coefficient (Wildman–Crippen LogP) is 4.82. The molecule has 0 aromatic heterocycles. The number of hydrogen-bond acceptors (Lipinski definition) is 5. The van der Waals surface area contributed by atoms with Gasteiger partial charge in [-0.05, 0) is 41.5 Å². The Labute approximate surface area is 264 Å². The standard InChI is InChI=1S/C37H39N3O5/c41-25-31(24-27-14-5-1-6-15-27)38-35(42)32-22-13-23-40(32)36(43)34(39-37(44)45-26-28-16-7-2-8-17-28)33(29-18-9-3-10-19-29)30-20-11-4-12-21-30/h1-12,14-21,31-34,41H,13,22-26H2,(H,38,42)(H,39,44)/t31-,32-,34-/m1/s1. The van der Waals surface area contributed by atoms with E-state index < -0.39 is 30.1 Å². The minimum absolute atomic E-state index is 0.0492. The molecule has 5 rings (SSSR count). The summed E-state index contributed by atoms with van der Waals surface area (Å²) in [7, 11) is 0. The van der Waals surface area contributed by atoms with Gasteiger partial charge >= 0.3 is 6.09 Å². The first kappa shape index (κ1) is 31.5. The van der Waals surface area contributed by atoms with E-state index in [-0.39, 0.29) is 25.0 Å². The maximum Gasteiger partial charge on any atom is 0.408 e. The van der Waals surface area contributed by atoms with E-state index in [1.807, 2.05) is 121 Å². The van der Waals surface area contributed by atoms with Gasteiger partial charge in [0.15, 0.2) is 0 Å². The molecule has 4 aromatic rings. The average Bonchev–Trinajstić information content (AvgIpc) is 3.59. The first-order valence-electron chi connectivity index (χ1n) is 15.4. The molecule has 0 bridgehead atoms. The molecule has 3 atom stereocenters. The Bertz CT molecular complexity index is 1480. The van der Waals surface area contributed by atoms with E-state index in [4.69, 9.17) is 4.74 Å². The summed E-state index contributed by atoms with van der Waals surface area (Å²) in [6.45, 7) is 0.184. The average molecular weight is 606 g/mol. The fraction of sp³-hybridized carbons (Fsp3) is 0.270. The number of nitrogens with one attached hydrogen (secondary N) is 2. The zero-order valence-corrected chi connectivity index (χ0v) is 25.1. The van der Waals surface area contributed by atoms with E-state index in [1.54, 1.807) is 4.90 Å². The molecule has 8 heteroatoms. The fourth-order valence-electron chi connectivity index (χ4n) is 5.92. The summed E-state index contributed by atoms with van der Waals surface area (Å²) in [6, 6.07) is 35.8. The van der Waals surface area contributed by atoms with Crippen molar-refractivity contribution in [1.29, 1.82) is 0 Å². The molecule has 45 heavy (non-hydrogen) atoms. The van der Waals surface area contributed by atoms with Crippen molar-refractivity contribution in [3.05, 3.63) is 144 Å². The summed E-state index contributed by atoms with van der Waals surface area (Å²) < 4.78 is 5.56. The zero-order chi connectivity index (χ0) is 31.4. The van der Waals surface area contributed by atoms with E-state index in [0.29, 0.717) is 25.8 Å². The minimum Gasteiger partial charge on any atom is -0.445 e. The van der Waals surface area contributed by atoms with Gasteiger partial charge in [0.1, 0.15) is 18.7 Å². The summed E-state index contributed by atoms with van der Waals surface area (Å²) in [5.41, 5.74) is 3.49. The zero-order valence-electron chi connectivity index (χ0n) is 25.1. The molecular weight excluding hydrogens is 566 g/mol. The number of benzene rings is 4. The first-order valence-corrected chi connectivity index (χ1v) is 15.4. The van der Waals surface area contributed by atoms with Crippen LogP contribution in [-0.4, -0.2) is 59.2 Å². The van der Waals surface area contributed by atoms with Crippen LogP contribution in [0.25, 0.3) is 0 Å². The van der Waals surface area contributed by atoms with Crippen molar-refractivity contribution in [3.8, 4) is 0 Å². The third-order valence-electron chi connectivity index (χ3n) is 8.13. The molecule has 1 heterocycles. The van der Waals surface area contributed by atoms with Crippen molar-refractivity contribution >= 4 is 17.9 Å². The molecule has 0 saturated carbocycles. The first-order chi connectivity index (χ1) is 22.0. The Morgan fingerprint density at radius 2 is 1.29 bits per heavy atom. The number of ether oxygens (including phenoxy) is 1. The van der Waals surface area contributed by atoms with Crippen LogP contribution in [0.15, 0.2) is 121 Å². The van der Waals surface area contributed by atoms with Gasteiger partial charge < -0.3 is 25.4 Å². The fourth-order valence-corrected chi connectivity index (χ4v) is 5.92. The van der Waals surface area contributed by atoms with Crippen molar-refractivity contribution in [1.82, 2.24) is 15.5 Å². The second-order valence-electron chi connectivity index (χ2n) is 11.3. The summed E-state index contributed by atoms with van der Waals surface area (Å²) in [6.07, 6.45) is 0.856. The number of hydrogen-bond donors (Lipinski definition) is 3. The quantitative estimate of drug-likeness (QED) is 0.215. The highest BCUT2D eigenvalue weighted by Crippen LogP contribution is 2.31. The third kappa shape index (κ3) is 8.37. The Kier molecular flexibility index (Phi) is 11.0. The minimum atomic E-state index is -1.05. The lowest BCUT2D eigenvalue weighted by Gasteiger charge is -2.33. The van der Waals surface area contributed by atoms with Gasteiger partial charge in [-0.1, -0.05) is 121 Å². The largest absolute Gasteiger partial charge is 0.445 e. The lowest BCUT2D eigenvalue weighted by atomic mass is 9.84. The number of carbonyl (C=O) groups excluding carboxylic acids is 3. The van der Waals surface area contributed by atoms with Gasteiger partial charge in [0.05, 0.1) is 12.6 Å². The molecule has 3 amide bonds. The molecule has 8 nitrogen and oxygen atoms in total. The molecular formula is C37H39N3O5. The third-order valence-corrected chi connectivity index (χ3v) is 8.13. The van der Waals surface area contributed by atoms with Crippen LogP contribution in [0.2, 0.25) is 0 Å². The summed E-state index contributed by atoms with van der Waals surface area (Å²) in [5, 5.41) is 15.9. The molecule has 4 aromatic carbocycles. The summed E-state index contributed by atoms with van der Waals surface area (Å²) in [4.78, 5) is 43.0. The SMILES string of the molecule is O=C(N[C@@H](C(=O)N1CCC[C@@H]1C(=O)N[C@@H](CO)Cc1ccccc1)C(c1ccccc1)c1ccccc1)OCc1ccccc1. The summed E-state index contributed by atoms with van der Waals surface area (Å²) >= 11 is 0. The van der Waals surface area contributed by atoms with Crippen molar-refractivity contribution in [2.45, 2.75) is 49.9 Å². The molecule has 3 N–H and O–H groups in total. The molecule has 0 aliphatic carbocycles. The number of amides is 3. The second kappa shape index (κ2) is 15.7. The Morgan fingerprint density at radius 3 is 1.84 bits per heavy atom. The number of rotatable bonds is 12. The van der Waals surface area contributed by atoms with E-state index in [2.05, 4.69) is 10.6 Å². The van der Waals surface area contributed by atoms with Crippen LogP contribution in [0.4, 0.5) is 4.79 Å². The molecule has 0 unspecified atom stereocenters. The van der Waals surface area contributed by atoms with Crippen LogP contribution in [0.5, 0.6) is 0 Å². The highest BCUT2D eigenvalue weighted by molar-refractivity contribution is 5.93. The monoisotopic (exact) mass is 605 g/mol. The van der Waals surface area contributed by atoms with Gasteiger partial charge in [-0.25, -0.2) is 4.79 Å². The maximum absolute atomic E-state index is 14.5. The lowest BCUT2D eigenvalue weighted by molar-refractivity contribution is -0.140. The summed E-state index contributed by atoms with van der Waals surface area (Å²) in [5.74, 6) is -1.24. The maximum atomic E-state index is 14.5. The number of aliphatic hydroxyl groups excluding tert-OH is 1. The van der Waals surface area contributed by atoms with Crippen molar-refractivity contribution in [2.24, 2.45) is 0 Å². The van der Waals surface area contributed by atoms with Gasteiger partial charge in [0, 0.05) is 12.5 Å². The smallest absolute Gasteiger partial charge is 0.408 e. The molecule has 0 spiro atoms. The van der Waals surface area contributed by atoms with Crippen LogP contribution in [-0.2, 0) is 27.4 Å². The predicted molar refractivity (Wildman–Crippen MR) is 172 cm³/mol. The van der Waals surface area contributed by atoms with Gasteiger partial charge in [-0.15, -0.1) is 0 Å². The van der Waals surface area contributed by atoms with Crippen molar-refractivity contribution in [2.75, 3.05) is 13.2 Å². The van der Waals surface area contributed by atoms with Gasteiger partial charge in [-0.3, -0.25) is 9.59 Å². The van der Waals surface area contributed by atoms with Crippen molar-refractivity contribution in [3.63, 3.8) is 0 Å². The Balaban J connectivity index is 1.40. The highest BCUT2D eigenvalue weighted by atomic mass is 16.5. The lowest BCUT2D eigenvalue weighted by Crippen LogP contribution is -2.56. The topological polar surface area (TPSA) is 108 Å². The second-order valence-corrected chi connectivity index (χ2v) is 11.3.